The number of sulfonamides is 1. The zero-order valence-corrected chi connectivity index (χ0v) is 18.2. The Hall–Kier alpha value is -2.11. The molecule has 0 spiro atoms. The van der Waals surface area contributed by atoms with Gasteiger partial charge in [-0.1, -0.05) is 35.9 Å². The fraction of sp³-hybridized carbons (Fsp3) is 0.417. The molecule has 0 amide bonds. The Morgan fingerprint density at radius 3 is 2.48 bits per heavy atom. The third-order valence-electron chi connectivity index (χ3n) is 7.30. The molecule has 2 fully saturated rings. The molecule has 0 bridgehead atoms. The second kappa shape index (κ2) is 5.96. The van der Waals surface area contributed by atoms with E-state index in [2.05, 4.69) is 37.9 Å². The van der Waals surface area contributed by atoms with Gasteiger partial charge in [-0.05, 0) is 81.3 Å². The molecule has 2 aromatic carbocycles. The van der Waals surface area contributed by atoms with Gasteiger partial charge in [-0.2, -0.15) is 4.31 Å². The van der Waals surface area contributed by atoms with Crippen LogP contribution in [0.25, 0.3) is 0 Å². The van der Waals surface area contributed by atoms with Gasteiger partial charge >= 0.3 is 0 Å². The molecule has 5 rings (SSSR count). The smallest absolute Gasteiger partial charge is 0.245 e. The van der Waals surface area contributed by atoms with Gasteiger partial charge < -0.3 is 5.32 Å². The number of rotatable bonds is 2. The first-order valence-electron chi connectivity index (χ1n) is 10.4. The Balaban J connectivity index is 1.73. The predicted molar refractivity (Wildman–Crippen MR) is 117 cm³/mol. The molecule has 0 unspecified atom stereocenters. The highest BCUT2D eigenvalue weighted by Gasteiger charge is 2.69. The van der Waals surface area contributed by atoms with Crippen LogP contribution in [0.15, 0.2) is 53.4 Å². The molecule has 0 radical (unpaired) electrons. The second-order valence-corrected chi connectivity index (χ2v) is 10.9. The van der Waals surface area contributed by atoms with E-state index in [1.807, 2.05) is 19.1 Å². The fourth-order valence-corrected chi connectivity index (χ4v) is 7.99. The molecule has 4 nitrogen and oxygen atoms in total. The van der Waals surface area contributed by atoms with Crippen molar-refractivity contribution in [3.05, 3.63) is 70.8 Å². The van der Waals surface area contributed by atoms with Crippen molar-refractivity contribution in [1.82, 2.24) is 4.31 Å². The Morgan fingerprint density at radius 2 is 1.76 bits per heavy atom. The second-order valence-electron chi connectivity index (χ2n) is 8.99. The molecule has 3 aliphatic rings. The summed E-state index contributed by atoms with van der Waals surface area (Å²) in [4.78, 5) is 0.370. The molecule has 2 aromatic rings. The molecule has 29 heavy (non-hydrogen) atoms. The first-order chi connectivity index (χ1) is 13.7. The van der Waals surface area contributed by atoms with Crippen molar-refractivity contribution < 1.29 is 8.42 Å². The lowest BCUT2D eigenvalue weighted by atomic mass is 9.61. The van der Waals surface area contributed by atoms with Crippen molar-refractivity contribution >= 4 is 15.7 Å². The lowest BCUT2D eigenvalue weighted by Crippen LogP contribution is -2.61. The van der Waals surface area contributed by atoms with Crippen LogP contribution >= 0.6 is 0 Å². The van der Waals surface area contributed by atoms with Crippen molar-refractivity contribution in [3.8, 4) is 0 Å². The summed E-state index contributed by atoms with van der Waals surface area (Å²) >= 11 is 0. The molecular weight excluding hydrogens is 380 g/mol. The number of nitrogens with zero attached hydrogens (tertiary/aromatic N) is 1. The summed E-state index contributed by atoms with van der Waals surface area (Å²) in [7, 11) is -3.63. The normalized spacial score (nSPS) is 28.6. The topological polar surface area (TPSA) is 49.4 Å². The van der Waals surface area contributed by atoms with Gasteiger partial charge in [-0.25, -0.2) is 8.42 Å². The van der Waals surface area contributed by atoms with Gasteiger partial charge in [-0.3, -0.25) is 0 Å². The van der Waals surface area contributed by atoms with Crippen LogP contribution in [0, 0.1) is 20.8 Å². The number of fused-ring (bicyclic) bond motifs is 1. The van der Waals surface area contributed by atoms with Crippen molar-refractivity contribution in [2.45, 2.75) is 62.4 Å². The number of nitrogens with one attached hydrogen (secondary N) is 1. The van der Waals surface area contributed by atoms with Gasteiger partial charge in [0.1, 0.15) is 5.66 Å². The highest BCUT2D eigenvalue weighted by molar-refractivity contribution is 7.89. The summed E-state index contributed by atoms with van der Waals surface area (Å²) in [5.74, 6) is 0. The van der Waals surface area contributed by atoms with Crippen molar-refractivity contribution in [2.75, 3.05) is 11.9 Å². The standard InChI is InChI=1S/C24H28N2O2S/c1-16-7-9-20(10-8-16)29(27,28)26-13-12-23-19(4)6-5-11-24(23,26)25-21-15-17(2)14-18(3)22(21)23/h7-10,14-15,25H,4-6,11-13H2,1-3H3/t23-,24+/m0/s1. The first kappa shape index (κ1) is 18.9. The van der Waals surface area contributed by atoms with Gasteiger partial charge in [0, 0.05) is 12.2 Å². The predicted octanol–water partition coefficient (Wildman–Crippen LogP) is 4.81. The molecule has 2 atom stereocenters. The van der Waals surface area contributed by atoms with E-state index in [4.69, 9.17) is 0 Å². The number of benzene rings is 2. The van der Waals surface area contributed by atoms with E-state index in [1.54, 1.807) is 16.4 Å². The van der Waals surface area contributed by atoms with Gasteiger partial charge in [0.25, 0.3) is 0 Å². The molecule has 2 heterocycles. The van der Waals surface area contributed by atoms with Crippen LogP contribution in [0.5, 0.6) is 0 Å². The van der Waals surface area contributed by atoms with Crippen LogP contribution in [0.4, 0.5) is 5.69 Å². The molecular formula is C24H28N2O2S. The maximum Gasteiger partial charge on any atom is 0.245 e. The molecule has 5 heteroatoms. The highest BCUT2D eigenvalue weighted by Crippen LogP contribution is 2.65. The Labute approximate surface area is 173 Å². The zero-order valence-electron chi connectivity index (χ0n) is 17.4. The maximum absolute atomic E-state index is 13.8. The van der Waals surface area contributed by atoms with E-state index in [9.17, 15) is 8.42 Å². The number of hydrogen-bond donors (Lipinski definition) is 1. The summed E-state index contributed by atoms with van der Waals surface area (Å²) in [6.07, 6.45) is 3.47. The largest absolute Gasteiger partial charge is 0.365 e. The minimum absolute atomic E-state index is 0.351. The third-order valence-corrected chi connectivity index (χ3v) is 9.24. The van der Waals surface area contributed by atoms with Crippen LogP contribution in [0.3, 0.4) is 0 Å². The summed E-state index contributed by atoms with van der Waals surface area (Å²) in [6, 6.07) is 11.6. The zero-order chi connectivity index (χ0) is 20.6. The number of anilines is 1. The van der Waals surface area contributed by atoms with Crippen molar-refractivity contribution in [2.24, 2.45) is 0 Å². The summed E-state index contributed by atoms with van der Waals surface area (Å²) < 4.78 is 29.4. The molecule has 1 N–H and O–H groups in total. The van der Waals surface area contributed by atoms with Crippen LogP contribution in [-0.4, -0.2) is 24.9 Å². The van der Waals surface area contributed by atoms with Gasteiger partial charge in [0.2, 0.25) is 10.0 Å². The van der Waals surface area contributed by atoms with Gasteiger partial charge in [0.05, 0.1) is 10.3 Å². The van der Waals surface area contributed by atoms with Crippen LogP contribution in [0.2, 0.25) is 0 Å². The average Bonchev–Trinajstić information content (AvgIpc) is 3.13. The Morgan fingerprint density at radius 1 is 1.03 bits per heavy atom. The summed E-state index contributed by atoms with van der Waals surface area (Å²) in [5.41, 5.74) is 5.97. The molecule has 1 saturated heterocycles. The lowest BCUT2D eigenvalue weighted by molar-refractivity contribution is 0.178. The third kappa shape index (κ3) is 2.26. The summed E-state index contributed by atoms with van der Waals surface area (Å²) in [6.45, 7) is 11.2. The minimum Gasteiger partial charge on any atom is -0.365 e. The highest BCUT2D eigenvalue weighted by atomic mass is 32.2. The van der Waals surface area contributed by atoms with Crippen LogP contribution < -0.4 is 5.32 Å². The van der Waals surface area contributed by atoms with E-state index in [-0.39, 0.29) is 5.41 Å². The monoisotopic (exact) mass is 408 g/mol. The Bertz CT molecular complexity index is 1140. The number of aryl methyl sites for hydroxylation is 3. The molecule has 2 aliphatic heterocycles. The van der Waals surface area contributed by atoms with Crippen LogP contribution in [0.1, 0.15) is 47.9 Å². The average molecular weight is 409 g/mol. The van der Waals surface area contributed by atoms with Crippen molar-refractivity contribution in [1.29, 1.82) is 0 Å². The van der Waals surface area contributed by atoms with Crippen molar-refractivity contribution in [3.63, 3.8) is 0 Å². The van der Waals surface area contributed by atoms with E-state index in [0.717, 1.165) is 36.9 Å². The lowest BCUT2D eigenvalue weighted by Gasteiger charge is -2.49. The molecule has 1 aliphatic carbocycles. The maximum atomic E-state index is 13.8. The SMILES string of the molecule is C=C1CCC[C@]23Nc4cc(C)cc(C)c4[C@]12CCN3S(=O)(=O)c1ccc(C)cc1. The van der Waals surface area contributed by atoms with Gasteiger partial charge in [-0.15, -0.1) is 0 Å². The fourth-order valence-electron chi connectivity index (χ4n) is 6.22. The van der Waals surface area contributed by atoms with E-state index >= 15 is 0 Å². The quantitative estimate of drug-likeness (QED) is 0.726. The first-order valence-corrected chi connectivity index (χ1v) is 11.8. The van der Waals surface area contributed by atoms with E-state index in [0.29, 0.717) is 11.4 Å². The molecule has 1 saturated carbocycles. The minimum atomic E-state index is -3.63. The Kier molecular flexibility index (Phi) is 3.88. The number of hydrogen-bond acceptors (Lipinski definition) is 3. The van der Waals surface area contributed by atoms with E-state index in [1.165, 1.54) is 22.3 Å². The summed E-state index contributed by atoms with van der Waals surface area (Å²) in [5, 5.41) is 3.74. The molecule has 0 aromatic heterocycles. The van der Waals surface area contributed by atoms with Gasteiger partial charge in [0.15, 0.2) is 0 Å². The van der Waals surface area contributed by atoms with Crippen LogP contribution in [-0.2, 0) is 15.4 Å². The van der Waals surface area contributed by atoms with E-state index < -0.39 is 15.7 Å². The molecule has 152 valence electrons.